The Hall–Kier alpha value is -3.08. The first-order chi connectivity index (χ1) is 14.4. The second-order valence-electron chi connectivity index (χ2n) is 7.65. The van der Waals surface area contributed by atoms with Gasteiger partial charge in [-0.25, -0.2) is 14.8 Å². The highest BCUT2D eigenvalue weighted by molar-refractivity contribution is 5.89. The number of benzene rings is 1. The number of ether oxygens (including phenoxy) is 4. The Morgan fingerprint density at radius 2 is 1.97 bits per heavy atom. The molecule has 0 unspecified atom stereocenters. The van der Waals surface area contributed by atoms with E-state index in [2.05, 4.69) is 15.0 Å². The van der Waals surface area contributed by atoms with Crippen LogP contribution in [0.1, 0.15) is 30.4 Å². The van der Waals surface area contributed by atoms with Crippen molar-refractivity contribution < 1.29 is 23.7 Å². The molecule has 0 aliphatic carbocycles. The highest BCUT2D eigenvalue weighted by atomic mass is 16.8. The summed E-state index contributed by atoms with van der Waals surface area (Å²) in [4.78, 5) is 35.2. The molecule has 1 aromatic carbocycles. The first-order valence-corrected chi connectivity index (χ1v) is 9.56. The summed E-state index contributed by atoms with van der Waals surface area (Å²) in [5.41, 5.74) is 0.689. The van der Waals surface area contributed by atoms with Gasteiger partial charge in [-0.1, -0.05) is 18.2 Å². The Balaban J connectivity index is 1.40. The van der Waals surface area contributed by atoms with Crippen molar-refractivity contribution in [2.75, 3.05) is 6.61 Å². The van der Waals surface area contributed by atoms with Crippen LogP contribution in [0, 0.1) is 0 Å². The molecule has 4 heterocycles. The molecular weight excluding hydrogens is 392 g/mol. The molecule has 2 aliphatic heterocycles. The summed E-state index contributed by atoms with van der Waals surface area (Å²) >= 11 is 0. The summed E-state index contributed by atoms with van der Waals surface area (Å²) in [6, 6.07) is 8.73. The van der Waals surface area contributed by atoms with Crippen LogP contribution < -0.4 is 5.56 Å². The molecule has 0 amide bonds. The number of aromatic amines is 1. The zero-order valence-corrected chi connectivity index (χ0v) is 16.3. The van der Waals surface area contributed by atoms with Gasteiger partial charge in [0.2, 0.25) is 0 Å². The monoisotopic (exact) mass is 412 g/mol. The zero-order valence-electron chi connectivity index (χ0n) is 16.3. The molecule has 0 spiro atoms. The Kier molecular flexibility index (Phi) is 4.42. The Morgan fingerprint density at radius 1 is 1.20 bits per heavy atom. The standard InChI is InChI=1S/C20H20N4O6/c1-20(2)29-14-12(8-27-19(26)11-6-4-3-5-7-11)28-18(15(14)30-20)24-10-23-13-16(24)21-9-22-17(13)25/h3-7,9-10,12,14-15,18H,8H2,1-2H3,(H,21,22,25)/t12-,14+,15+,18-/m0/s1. The van der Waals surface area contributed by atoms with Crippen molar-refractivity contribution in [2.45, 2.75) is 44.2 Å². The number of esters is 1. The number of hydrogen-bond donors (Lipinski definition) is 1. The Morgan fingerprint density at radius 3 is 2.77 bits per heavy atom. The minimum atomic E-state index is -0.833. The molecule has 5 rings (SSSR count). The van der Waals surface area contributed by atoms with E-state index in [1.165, 1.54) is 12.7 Å². The highest BCUT2D eigenvalue weighted by Crippen LogP contribution is 2.43. The van der Waals surface area contributed by atoms with Crippen molar-refractivity contribution >= 4 is 17.1 Å². The third kappa shape index (κ3) is 3.18. The molecule has 0 saturated carbocycles. The van der Waals surface area contributed by atoms with Gasteiger partial charge in [0.05, 0.1) is 18.2 Å². The third-order valence-corrected chi connectivity index (χ3v) is 5.15. The van der Waals surface area contributed by atoms with E-state index in [1.807, 2.05) is 19.9 Å². The fraction of sp³-hybridized carbons (Fsp3) is 0.400. The predicted molar refractivity (Wildman–Crippen MR) is 103 cm³/mol. The summed E-state index contributed by atoms with van der Waals surface area (Å²) in [6.45, 7) is 3.61. The van der Waals surface area contributed by atoms with Crippen LogP contribution in [0.25, 0.3) is 11.2 Å². The van der Waals surface area contributed by atoms with Crippen LogP contribution in [0.2, 0.25) is 0 Å². The summed E-state index contributed by atoms with van der Waals surface area (Å²) < 4.78 is 25.3. The topological polar surface area (TPSA) is 118 Å². The van der Waals surface area contributed by atoms with Crippen LogP contribution >= 0.6 is 0 Å². The molecule has 0 bridgehead atoms. The summed E-state index contributed by atoms with van der Waals surface area (Å²) in [6.07, 6.45) is 0.642. The number of fused-ring (bicyclic) bond motifs is 2. The lowest BCUT2D eigenvalue weighted by Gasteiger charge is -2.24. The Bertz CT molecular complexity index is 1140. The maximum atomic E-state index is 12.3. The smallest absolute Gasteiger partial charge is 0.338 e. The number of carbonyl (C=O) groups is 1. The summed E-state index contributed by atoms with van der Waals surface area (Å²) in [7, 11) is 0. The van der Waals surface area contributed by atoms with Crippen molar-refractivity contribution in [3.05, 3.63) is 58.9 Å². The van der Waals surface area contributed by atoms with Crippen LogP contribution in [0.4, 0.5) is 0 Å². The average Bonchev–Trinajstić information content (AvgIpc) is 3.38. The van der Waals surface area contributed by atoms with Crippen LogP contribution in [0.3, 0.4) is 0 Å². The van der Waals surface area contributed by atoms with Crippen molar-refractivity contribution in [2.24, 2.45) is 0 Å². The molecule has 0 radical (unpaired) electrons. The number of imidazole rings is 1. The van der Waals surface area contributed by atoms with Crippen LogP contribution in [0.15, 0.2) is 47.8 Å². The summed E-state index contributed by atoms with van der Waals surface area (Å²) in [5, 5.41) is 0. The van der Waals surface area contributed by atoms with E-state index in [1.54, 1.807) is 28.8 Å². The second kappa shape index (κ2) is 7.01. The van der Waals surface area contributed by atoms with E-state index in [-0.39, 0.29) is 17.7 Å². The molecule has 30 heavy (non-hydrogen) atoms. The number of nitrogens with zero attached hydrogens (tertiary/aromatic N) is 3. The number of carbonyl (C=O) groups excluding carboxylic acids is 1. The fourth-order valence-electron chi connectivity index (χ4n) is 3.88. The van der Waals surface area contributed by atoms with Gasteiger partial charge in [0, 0.05) is 0 Å². The number of nitrogens with one attached hydrogen (secondary N) is 1. The minimum absolute atomic E-state index is 0.00846. The lowest BCUT2D eigenvalue weighted by atomic mass is 10.1. The normalized spacial score (nSPS) is 27.3. The largest absolute Gasteiger partial charge is 0.459 e. The first-order valence-electron chi connectivity index (χ1n) is 9.56. The van der Waals surface area contributed by atoms with E-state index in [0.29, 0.717) is 11.2 Å². The molecule has 1 N–H and O–H groups in total. The lowest BCUT2D eigenvalue weighted by Crippen LogP contribution is -2.33. The summed E-state index contributed by atoms with van der Waals surface area (Å²) in [5.74, 6) is -1.28. The van der Waals surface area contributed by atoms with Gasteiger partial charge in [-0.2, -0.15) is 0 Å². The van der Waals surface area contributed by atoms with E-state index < -0.39 is 36.3 Å². The van der Waals surface area contributed by atoms with Crippen molar-refractivity contribution in [3.63, 3.8) is 0 Å². The molecule has 2 saturated heterocycles. The van der Waals surface area contributed by atoms with Crippen molar-refractivity contribution in [1.29, 1.82) is 0 Å². The predicted octanol–water partition coefficient (Wildman–Crippen LogP) is 1.39. The fourth-order valence-corrected chi connectivity index (χ4v) is 3.88. The average molecular weight is 412 g/mol. The maximum absolute atomic E-state index is 12.3. The number of aromatic nitrogens is 4. The van der Waals surface area contributed by atoms with Crippen LogP contribution in [0.5, 0.6) is 0 Å². The van der Waals surface area contributed by atoms with Gasteiger partial charge in [-0.15, -0.1) is 0 Å². The zero-order chi connectivity index (χ0) is 20.9. The SMILES string of the molecule is CC1(C)O[C@@H]2[C@H](O1)[C@H](COC(=O)c1ccccc1)O[C@@H]2n1cnc2c(=O)[nH]cnc21. The number of hydrogen-bond acceptors (Lipinski definition) is 8. The Labute approximate surface area is 170 Å². The molecule has 2 aromatic heterocycles. The van der Waals surface area contributed by atoms with Crippen molar-refractivity contribution in [3.8, 4) is 0 Å². The molecule has 10 heteroatoms. The van der Waals surface area contributed by atoms with E-state index in [9.17, 15) is 9.59 Å². The van der Waals surface area contributed by atoms with E-state index in [0.717, 1.165) is 0 Å². The van der Waals surface area contributed by atoms with Gasteiger partial charge < -0.3 is 23.9 Å². The lowest BCUT2D eigenvalue weighted by molar-refractivity contribution is -0.199. The molecule has 156 valence electrons. The number of H-pyrrole nitrogens is 1. The molecule has 3 aromatic rings. The molecule has 10 nitrogen and oxygen atoms in total. The van der Waals surface area contributed by atoms with Crippen LogP contribution in [-0.2, 0) is 18.9 Å². The van der Waals surface area contributed by atoms with Gasteiger partial charge in [-0.3, -0.25) is 9.36 Å². The highest BCUT2D eigenvalue weighted by Gasteiger charge is 2.56. The van der Waals surface area contributed by atoms with Gasteiger partial charge in [-0.05, 0) is 26.0 Å². The quantitative estimate of drug-likeness (QED) is 0.639. The van der Waals surface area contributed by atoms with Gasteiger partial charge in [0.1, 0.15) is 24.9 Å². The van der Waals surface area contributed by atoms with E-state index >= 15 is 0 Å². The maximum Gasteiger partial charge on any atom is 0.338 e. The van der Waals surface area contributed by atoms with Gasteiger partial charge >= 0.3 is 5.97 Å². The van der Waals surface area contributed by atoms with Crippen molar-refractivity contribution in [1.82, 2.24) is 19.5 Å². The molecule has 2 fully saturated rings. The molecule has 2 aliphatic rings. The van der Waals surface area contributed by atoms with E-state index in [4.69, 9.17) is 18.9 Å². The number of rotatable bonds is 4. The second-order valence-corrected chi connectivity index (χ2v) is 7.65. The van der Waals surface area contributed by atoms with Crippen LogP contribution in [-0.4, -0.2) is 56.2 Å². The van der Waals surface area contributed by atoms with Gasteiger partial charge in [0.25, 0.3) is 5.56 Å². The van der Waals surface area contributed by atoms with Gasteiger partial charge in [0.15, 0.2) is 23.2 Å². The molecular formula is C20H20N4O6. The third-order valence-electron chi connectivity index (χ3n) is 5.15. The minimum Gasteiger partial charge on any atom is -0.459 e. The molecule has 4 atom stereocenters. The first kappa shape index (κ1) is 18.9.